The number of carbonyl (C=O) groups excluding carboxylic acids is 2. The first kappa shape index (κ1) is 17.8. The molecule has 1 heterocycles. The van der Waals surface area contributed by atoms with Gasteiger partial charge in [-0.3, -0.25) is 4.79 Å². The van der Waals surface area contributed by atoms with Crippen molar-refractivity contribution in [2.24, 2.45) is 5.92 Å². The molecule has 2 fully saturated rings. The standard InChI is InChI=1S/C20H19ClFN3O2/c21-14-6-7-17(16(22)9-14)24-20(27)25-11-13-8-15(25)10-18(13)23-19(26)12-4-2-1-3-5-12/h1-7,9,13,15,18H,8,10-11H2,(H,23,26)(H,24,27). The molecule has 0 spiro atoms. The van der Waals surface area contributed by atoms with Gasteiger partial charge in [-0.1, -0.05) is 29.8 Å². The van der Waals surface area contributed by atoms with Crippen LogP contribution in [0.2, 0.25) is 5.02 Å². The van der Waals surface area contributed by atoms with Crippen LogP contribution in [0.15, 0.2) is 48.5 Å². The van der Waals surface area contributed by atoms with E-state index in [0.29, 0.717) is 18.5 Å². The van der Waals surface area contributed by atoms with Crippen LogP contribution in [-0.4, -0.2) is 35.5 Å². The molecule has 0 aromatic heterocycles. The van der Waals surface area contributed by atoms with Crippen LogP contribution in [0.3, 0.4) is 0 Å². The average Bonchev–Trinajstić information content (AvgIpc) is 3.25. The summed E-state index contributed by atoms with van der Waals surface area (Å²) in [6, 6.07) is 13.0. The first-order valence-electron chi connectivity index (χ1n) is 8.90. The van der Waals surface area contributed by atoms with Crippen molar-refractivity contribution in [2.45, 2.75) is 24.9 Å². The first-order valence-corrected chi connectivity index (χ1v) is 9.27. The molecule has 2 N–H and O–H groups in total. The van der Waals surface area contributed by atoms with Crippen molar-refractivity contribution in [2.75, 3.05) is 11.9 Å². The number of carbonyl (C=O) groups is 2. The van der Waals surface area contributed by atoms with Gasteiger partial charge in [0, 0.05) is 29.2 Å². The predicted octanol–water partition coefficient (Wildman–Crippen LogP) is 3.90. The lowest BCUT2D eigenvalue weighted by atomic mass is 10.0. The molecule has 2 aromatic rings. The van der Waals surface area contributed by atoms with Crippen molar-refractivity contribution >= 4 is 29.2 Å². The van der Waals surface area contributed by atoms with E-state index < -0.39 is 5.82 Å². The first-order chi connectivity index (χ1) is 13.0. The van der Waals surface area contributed by atoms with Crippen LogP contribution in [0, 0.1) is 11.7 Å². The van der Waals surface area contributed by atoms with E-state index in [1.54, 1.807) is 17.0 Å². The second-order valence-electron chi connectivity index (χ2n) is 7.04. The van der Waals surface area contributed by atoms with E-state index in [4.69, 9.17) is 11.6 Å². The van der Waals surface area contributed by atoms with Crippen molar-refractivity contribution < 1.29 is 14.0 Å². The summed E-state index contributed by atoms with van der Waals surface area (Å²) < 4.78 is 13.9. The van der Waals surface area contributed by atoms with Gasteiger partial charge >= 0.3 is 6.03 Å². The molecule has 2 aliphatic rings. The molecular formula is C20H19ClFN3O2. The number of hydrogen-bond acceptors (Lipinski definition) is 2. The summed E-state index contributed by atoms with van der Waals surface area (Å²) in [4.78, 5) is 26.6. The number of nitrogens with zero attached hydrogens (tertiary/aromatic N) is 1. The van der Waals surface area contributed by atoms with Gasteiger partial charge in [-0.2, -0.15) is 0 Å². The Hall–Kier alpha value is -2.60. The number of amides is 3. The van der Waals surface area contributed by atoms with E-state index >= 15 is 0 Å². The van der Waals surface area contributed by atoms with E-state index in [2.05, 4.69) is 10.6 Å². The fourth-order valence-electron chi connectivity index (χ4n) is 4.00. The lowest BCUT2D eigenvalue weighted by Gasteiger charge is -2.32. The van der Waals surface area contributed by atoms with Crippen LogP contribution >= 0.6 is 11.6 Å². The summed E-state index contributed by atoms with van der Waals surface area (Å²) >= 11 is 5.74. The number of urea groups is 1. The molecule has 5 nitrogen and oxygen atoms in total. The van der Waals surface area contributed by atoms with E-state index in [0.717, 1.165) is 6.42 Å². The molecule has 1 aliphatic carbocycles. The maximum atomic E-state index is 13.9. The second-order valence-corrected chi connectivity index (χ2v) is 7.47. The maximum absolute atomic E-state index is 13.9. The zero-order valence-corrected chi connectivity index (χ0v) is 15.2. The normalized spacial score (nSPS) is 23.3. The molecule has 2 bridgehead atoms. The fraction of sp³-hybridized carbons (Fsp3) is 0.300. The molecule has 140 valence electrons. The van der Waals surface area contributed by atoms with Crippen LogP contribution in [-0.2, 0) is 0 Å². The Morgan fingerprint density at radius 1 is 1.11 bits per heavy atom. The summed E-state index contributed by atoms with van der Waals surface area (Å²) in [7, 11) is 0. The van der Waals surface area contributed by atoms with Crippen LogP contribution in [0.4, 0.5) is 14.9 Å². The maximum Gasteiger partial charge on any atom is 0.322 e. The van der Waals surface area contributed by atoms with E-state index in [-0.39, 0.29) is 40.6 Å². The highest BCUT2D eigenvalue weighted by molar-refractivity contribution is 6.30. The highest BCUT2D eigenvalue weighted by atomic mass is 35.5. The van der Waals surface area contributed by atoms with Gasteiger partial charge in [-0.25, -0.2) is 9.18 Å². The molecule has 1 saturated carbocycles. The smallest absolute Gasteiger partial charge is 0.322 e. The van der Waals surface area contributed by atoms with E-state index in [1.165, 1.54) is 18.2 Å². The predicted molar refractivity (Wildman–Crippen MR) is 101 cm³/mol. The number of halogens is 2. The van der Waals surface area contributed by atoms with Crippen LogP contribution in [0.25, 0.3) is 0 Å². The van der Waals surface area contributed by atoms with Crippen molar-refractivity contribution in [1.82, 2.24) is 10.2 Å². The van der Waals surface area contributed by atoms with Gasteiger partial charge < -0.3 is 15.5 Å². The Kier molecular flexibility index (Phi) is 4.74. The zero-order chi connectivity index (χ0) is 19.0. The molecule has 0 radical (unpaired) electrons. The van der Waals surface area contributed by atoms with Gasteiger partial charge in [0.15, 0.2) is 0 Å². The number of fused-ring (bicyclic) bond motifs is 2. The van der Waals surface area contributed by atoms with Gasteiger partial charge in [-0.05, 0) is 49.1 Å². The van der Waals surface area contributed by atoms with Gasteiger partial charge in [0.25, 0.3) is 5.91 Å². The summed E-state index contributed by atoms with van der Waals surface area (Å²) in [6.07, 6.45) is 1.55. The molecular weight excluding hydrogens is 369 g/mol. The quantitative estimate of drug-likeness (QED) is 0.839. The summed E-state index contributed by atoms with van der Waals surface area (Å²) in [5, 5.41) is 5.97. The fourth-order valence-corrected chi connectivity index (χ4v) is 4.16. The largest absolute Gasteiger partial charge is 0.349 e. The number of piperidine rings is 1. The third-order valence-corrected chi connectivity index (χ3v) is 5.56. The molecule has 4 rings (SSSR count). The second kappa shape index (κ2) is 7.19. The Bertz CT molecular complexity index is 877. The summed E-state index contributed by atoms with van der Waals surface area (Å²) in [5.41, 5.74) is 0.745. The topological polar surface area (TPSA) is 61.4 Å². The van der Waals surface area contributed by atoms with Crippen LogP contribution in [0.1, 0.15) is 23.2 Å². The van der Waals surface area contributed by atoms with Gasteiger partial charge in [0.2, 0.25) is 0 Å². The Balaban J connectivity index is 1.35. The minimum atomic E-state index is -0.562. The number of hydrogen-bond donors (Lipinski definition) is 2. The summed E-state index contributed by atoms with van der Waals surface area (Å²) in [6.45, 7) is 0.547. The van der Waals surface area contributed by atoms with Gasteiger partial charge in [-0.15, -0.1) is 0 Å². The number of anilines is 1. The van der Waals surface area contributed by atoms with Crippen molar-refractivity contribution in [3.05, 3.63) is 64.9 Å². The van der Waals surface area contributed by atoms with Crippen LogP contribution in [0.5, 0.6) is 0 Å². The molecule has 1 saturated heterocycles. The van der Waals surface area contributed by atoms with Gasteiger partial charge in [0.05, 0.1) is 5.69 Å². The van der Waals surface area contributed by atoms with E-state index in [9.17, 15) is 14.0 Å². The summed E-state index contributed by atoms with van der Waals surface area (Å²) in [5.74, 6) is -0.441. The third-order valence-electron chi connectivity index (χ3n) is 5.33. The Morgan fingerprint density at radius 2 is 1.89 bits per heavy atom. The number of nitrogens with one attached hydrogen (secondary N) is 2. The number of benzene rings is 2. The minimum absolute atomic E-state index is 0.0476. The molecule has 7 heteroatoms. The average molecular weight is 388 g/mol. The lowest BCUT2D eigenvalue weighted by molar-refractivity contribution is 0.0915. The van der Waals surface area contributed by atoms with Crippen molar-refractivity contribution in [3.8, 4) is 0 Å². The van der Waals surface area contributed by atoms with E-state index in [1.807, 2.05) is 18.2 Å². The number of likely N-dealkylation sites (tertiary alicyclic amines) is 1. The molecule has 2 aromatic carbocycles. The molecule has 3 unspecified atom stereocenters. The van der Waals surface area contributed by atoms with Gasteiger partial charge in [0.1, 0.15) is 5.82 Å². The molecule has 27 heavy (non-hydrogen) atoms. The lowest BCUT2D eigenvalue weighted by Crippen LogP contribution is -2.48. The minimum Gasteiger partial charge on any atom is -0.349 e. The Labute approximate surface area is 161 Å². The number of rotatable bonds is 3. The third kappa shape index (κ3) is 3.62. The van der Waals surface area contributed by atoms with Crippen LogP contribution < -0.4 is 10.6 Å². The zero-order valence-electron chi connectivity index (χ0n) is 14.5. The highest BCUT2D eigenvalue weighted by Crippen LogP contribution is 2.38. The Morgan fingerprint density at radius 3 is 2.56 bits per heavy atom. The molecule has 3 atom stereocenters. The van der Waals surface area contributed by atoms with Crippen molar-refractivity contribution in [1.29, 1.82) is 0 Å². The molecule has 3 amide bonds. The SMILES string of the molecule is O=C(NC1CC2CC1CN2C(=O)Nc1ccc(Cl)cc1F)c1ccccc1. The molecule has 1 aliphatic heterocycles. The monoisotopic (exact) mass is 387 g/mol. The highest BCUT2D eigenvalue weighted by Gasteiger charge is 2.47. The van der Waals surface area contributed by atoms with Crippen molar-refractivity contribution in [3.63, 3.8) is 0 Å².